The van der Waals surface area contributed by atoms with Crippen molar-refractivity contribution >= 4 is 23.4 Å². The number of benzene rings is 2. The van der Waals surface area contributed by atoms with Crippen LogP contribution in [0.2, 0.25) is 0 Å². The summed E-state index contributed by atoms with van der Waals surface area (Å²) in [5.41, 5.74) is 1.41. The van der Waals surface area contributed by atoms with Gasteiger partial charge in [0.1, 0.15) is 0 Å². The van der Waals surface area contributed by atoms with E-state index in [-0.39, 0.29) is 23.3 Å². The molecule has 7 rings (SSSR count). The third-order valence-corrected chi connectivity index (χ3v) is 7.60. The quantitative estimate of drug-likeness (QED) is 0.786. The highest BCUT2D eigenvalue weighted by molar-refractivity contribution is 6.35. The molecule has 5 heteroatoms. The van der Waals surface area contributed by atoms with Crippen molar-refractivity contribution in [3.05, 3.63) is 65.2 Å². The van der Waals surface area contributed by atoms with Gasteiger partial charge in [-0.2, -0.15) is 0 Å². The van der Waals surface area contributed by atoms with Crippen LogP contribution in [-0.2, 0) is 0 Å². The first-order valence-electron chi connectivity index (χ1n) is 10.9. The van der Waals surface area contributed by atoms with Crippen LogP contribution in [0.1, 0.15) is 69.6 Å². The highest BCUT2D eigenvalue weighted by Gasteiger charge is 2.51. The summed E-state index contributed by atoms with van der Waals surface area (Å²) in [4.78, 5) is 40.5. The van der Waals surface area contributed by atoms with E-state index in [1.165, 1.54) is 19.3 Å². The monoisotopic (exact) mass is 400 g/mol. The molecule has 2 aromatic rings. The Kier molecular flexibility index (Phi) is 3.74. The summed E-state index contributed by atoms with van der Waals surface area (Å²) in [7, 11) is 0. The summed E-state index contributed by atoms with van der Waals surface area (Å²) in [6, 6.07) is 13.8. The molecule has 2 aromatic carbocycles. The van der Waals surface area contributed by atoms with E-state index < -0.39 is 0 Å². The molecular formula is C25H24N2O3. The molecule has 1 aliphatic heterocycles. The van der Waals surface area contributed by atoms with Crippen LogP contribution in [0, 0.1) is 17.8 Å². The van der Waals surface area contributed by atoms with E-state index in [1.54, 1.807) is 48.5 Å². The van der Waals surface area contributed by atoms with E-state index in [0.717, 1.165) is 41.9 Å². The Hall–Kier alpha value is -2.95. The minimum Gasteiger partial charge on any atom is -0.347 e. The summed E-state index contributed by atoms with van der Waals surface area (Å²) in [5, 5.41) is 3.37. The first-order chi connectivity index (χ1) is 14.5. The SMILES string of the molecule is O=C(NC12CC3CC(CC(C3)C1)C2)c1ccccc1N1C(=O)c2ccccc2C1=O. The summed E-state index contributed by atoms with van der Waals surface area (Å²) < 4.78 is 0. The molecule has 0 aromatic heterocycles. The highest BCUT2D eigenvalue weighted by Crippen LogP contribution is 2.55. The van der Waals surface area contributed by atoms with Crippen LogP contribution >= 0.6 is 0 Å². The first kappa shape index (κ1) is 17.9. The number of carbonyl (C=O) groups excluding carboxylic acids is 3. The van der Waals surface area contributed by atoms with E-state index in [1.807, 2.05) is 0 Å². The maximum absolute atomic E-state index is 13.4. The molecular weight excluding hydrogens is 376 g/mol. The number of hydrogen-bond donors (Lipinski definition) is 1. The van der Waals surface area contributed by atoms with E-state index in [4.69, 9.17) is 0 Å². The standard InChI is InChI=1S/C25H24N2O3/c28-22(26-25-12-15-9-16(13-25)11-17(10-15)14-25)20-7-3-4-8-21(20)27-23(29)18-5-1-2-6-19(18)24(27)30/h1-8,15-17H,9-14H2,(H,26,28). The van der Waals surface area contributed by atoms with Gasteiger partial charge in [-0.3, -0.25) is 14.4 Å². The summed E-state index contributed by atoms with van der Waals surface area (Å²) in [5.74, 6) is 1.26. The second-order valence-corrected chi connectivity index (χ2v) is 9.66. The van der Waals surface area contributed by atoms with E-state index in [0.29, 0.717) is 22.4 Å². The Morgan fingerprint density at radius 1 is 0.800 bits per heavy atom. The van der Waals surface area contributed by atoms with Gasteiger partial charge in [-0.1, -0.05) is 24.3 Å². The van der Waals surface area contributed by atoms with Crippen molar-refractivity contribution in [1.29, 1.82) is 0 Å². The minimum absolute atomic E-state index is 0.124. The summed E-state index contributed by atoms with van der Waals surface area (Å²) >= 11 is 0. The van der Waals surface area contributed by atoms with Crippen LogP contribution in [0.3, 0.4) is 0 Å². The zero-order chi connectivity index (χ0) is 20.5. The fourth-order valence-electron chi connectivity index (χ4n) is 6.84. The smallest absolute Gasteiger partial charge is 0.266 e. The molecule has 0 spiro atoms. The predicted octanol–water partition coefficient (Wildman–Crippen LogP) is 4.19. The van der Waals surface area contributed by atoms with E-state index >= 15 is 0 Å². The van der Waals surface area contributed by atoms with Crippen LogP contribution in [0.5, 0.6) is 0 Å². The molecule has 4 saturated carbocycles. The van der Waals surface area contributed by atoms with Crippen LogP contribution in [0.4, 0.5) is 5.69 Å². The van der Waals surface area contributed by atoms with Crippen LogP contribution in [0.15, 0.2) is 48.5 Å². The Bertz CT molecular complexity index is 1020. The number of nitrogens with one attached hydrogen (secondary N) is 1. The number of rotatable bonds is 3. The molecule has 4 aliphatic carbocycles. The first-order valence-corrected chi connectivity index (χ1v) is 10.9. The van der Waals surface area contributed by atoms with Crippen molar-refractivity contribution in [3.63, 3.8) is 0 Å². The molecule has 5 nitrogen and oxygen atoms in total. The lowest BCUT2D eigenvalue weighted by molar-refractivity contribution is -0.0166. The lowest BCUT2D eigenvalue weighted by atomic mass is 9.53. The third kappa shape index (κ3) is 2.57. The predicted molar refractivity (Wildman–Crippen MR) is 112 cm³/mol. The average molecular weight is 400 g/mol. The molecule has 5 aliphatic rings. The van der Waals surface area contributed by atoms with Crippen molar-refractivity contribution in [2.75, 3.05) is 4.90 Å². The summed E-state index contributed by atoms with van der Waals surface area (Å²) in [6.45, 7) is 0. The maximum atomic E-state index is 13.4. The van der Waals surface area contributed by atoms with E-state index in [2.05, 4.69) is 5.32 Å². The number of fused-ring (bicyclic) bond motifs is 1. The molecule has 30 heavy (non-hydrogen) atoms. The molecule has 0 saturated heterocycles. The van der Waals surface area contributed by atoms with Crippen molar-refractivity contribution in [1.82, 2.24) is 5.32 Å². The zero-order valence-electron chi connectivity index (χ0n) is 16.8. The number of hydrogen-bond acceptors (Lipinski definition) is 3. The van der Waals surface area contributed by atoms with Crippen molar-refractivity contribution in [2.24, 2.45) is 17.8 Å². The lowest BCUT2D eigenvalue weighted by Gasteiger charge is -2.56. The fourth-order valence-corrected chi connectivity index (χ4v) is 6.84. The second kappa shape index (κ2) is 6.27. The number of imide groups is 1. The molecule has 1 heterocycles. The van der Waals surface area contributed by atoms with Gasteiger partial charge in [0.15, 0.2) is 0 Å². The van der Waals surface area contributed by atoms with Crippen molar-refractivity contribution in [3.8, 4) is 0 Å². The van der Waals surface area contributed by atoms with Gasteiger partial charge < -0.3 is 5.32 Å². The fraction of sp³-hybridized carbons (Fsp3) is 0.400. The molecule has 0 radical (unpaired) electrons. The molecule has 3 amide bonds. The van der Waals surface area contributed by atoms with Crippen molar-refractivity contribution in [2.45, 2.75) is 44.1 Å². The van der Waals surface area contributed by atoms with Crippen molar-refractivity contribution < 1.29 is 14.4 Å². The topological polar surface area (TPSA) is 66.5 Å². The number of amides is 3. The average Bonchev–Trinajstić information content (AvgIpc) is 2.97. The van der Waals surface area contributed by atoms with E-state index in [9.17, 15) is 14.4 Å². The largest absolute Gasteiger partial charge is 0.347 e. The summed E-state index contributed by atoms with van der Waals surface area (Å²) in [6.07, 6.45) is 7.09. The second-order valence-electron chi connectivity index (χ2n) is 9.66. The van der Waals surface area contributed by atoms with Gasteiger partial charge in [-0.15, -0.1) is 0 Å². The van der Waals surface area contributed by atoms with Gasteiger partial charge in [0.05, 0.1) is 22.4 Å². The van der Waals surface area contributed by atoms with Gasteiger partial charge in [0, 0.05) is 5.54 Å². The zero-order valence-corrected chi connectivity index (χ0v) is 16.8. The highest BCUT2D eigenvalue weighted by atomic mass is 16.2. The normalized spacial score (nSPS) is 31.2. The Morgan fingerprint density at radius 2 is 1.30 bits per heavy atom. The van der Waals surface area contributed by atoms with Gasteiger partial charge in [0.2, 0.25) is 0 Å². The Morgan fingerprint density at radius 3 is 1.87 bits per heavy atom. The molecule has 0 atom stereocenters. The number of carbonyl (C=O) groups is 3. The van der Waals surface area contributed by atoms with Gasteiger partial charge in [-0.25, -0.2) is 4.90 Å². The Labute approximate surface area is 175 Å². The molecule has 0 unspecified atom stereocenters. The Balaban J connectivity index is 1.33. The van der Waals surface area contributed by atoms with Gasteiger partial charge >= 0.3 is 0 Å². The molecule has 152 valence electrons. The number of anilines is 1. The lowest BCUT2D eigenvalue weighted by Crippen LogP contribution is -2.59. The van der Waals surface area contributed by atoms with Crippen LogP contribution < -0.4 is 10.2 Å². The number of para-hydroxylation sites is 1. The van der Waals surface area contributed by atoms with Gasteiger partial charge in [-0.05, 0) is 80.5 Å². The van der Waals surface area contributed by atoms with Gasteiger partial charge in [0.25, 0.3) is 17.7 Å². The minimum atomic E-state index is -0.370. The van der Waals surface area contributed by atoms with Crippen LogP contribution in [-0.4, -0.2) is 23.3 Å². The maximum Gasteiger partial charge on any atom is 0.266 e. The molecule has 4 fully saturated rings. The molecule has 1 N–H and O–H groups in total. The number of nitrogens with zero attached hydrogens (tertiary/aromatic N) is 1. The third-order valence-electron chi connectivity index (χ3n) is 7.60. The molecule has 4 bridgehead atoms. The van der Waals surface area contributed by atoms with Crippen LogP contribution in [0.25, 0.3) is 0 Å².